The molecule has 1 aromatic rings. The highest BCUT2D eigenvalue weighted by atomic mass is 32.2. The molecular weight excluding hydrogens is 282 g/mol. The molecule has 1 rings (SSSR count). The molecule has 0 radical (unpaired) electrons. The van der Waals surface area contributed by atoms with Gasteiger partial charge in [0, 0.05) is 11.8 Å². The maximum atomic E-state index is 13.2. The van der Waals surface area contributed by atoms with Gasteiger partial charge in [0.25, 0.3) is 0 Å². The summed E-state index contributed by atoms with van der Waals surface area (Å²) in [7, 11) is -3.21. The number of benzene rings is 1. The quantitative estimate of drug-likeness (QED) is 0.855. The Bertz CT molecular complexity index is 568. The molecule has 5 nitrogen and oxygen atoms in total. The SMILES string of the molecule is CS(=O)(=O)CCOc1cccc(C(F)(F)C(=O)O)c1. The van der Waals surface area contributed by atoms with E-state index < -0.39 is 27.3 Å². The lowest BCUT2D eigenvalue weighted by Gasteiger charge is -2.13. The second-order valence-electron chi connectivity index (χ2n) is 3.89. The highest BCUT2D eigenvalue weighted by Gasteiger charge is 2.41. The Morgan fingerprint density at radius 2 is 2.05 bits per heavy atom. The molecule has 0 bridgehead atoms. The van der Waals surface area contributed by atoms with Crippen LogP contribution >= 0.6 is 0 Å². The molecule has 0 saturated carbocycles. The van der Waals surface area contributed by atoms with Crippen molar-refractivity contribution in [3.05, 3.63) is 29.8 Å². The first kappa shape index (κ1) is 15.4. The molecule has 0 fully saturated rings. The zero-order valence-corrected chi connectivity index (χ0v) is 10.8. The average Bonchev–Trinajstić information content (AvgIpc) is 2.27. The molecule has 0 aromatic heterocycles. The Morgan fingerprint density at radius 3 is 2.58 bits per heavy atom. The molecule has 106 valence electrons. The van der Waals surface area contributed by atoms with E-state index in [-0.39, 0.29) is 18.1 Å². The van der Waals surface area contributed by atoms with Crippen molar-refractivity contribution in [3.63, 3.8) is 0 Å². The summed E-state index contributed by atoms with van der Waals surface area (Å²) in [5.74, 6) is -6.55. The standard InChI is InChI=1S/C11H12F2O5S/c1-19(16,17)6-5-18-9-4-2-3-8(7-9)11(12,13)10(14)15/h2-4,7H,5-6H2,1H3,(H,14,15). The van der Waals surface area contributed by atoms with Crippen molar-refractivity contribution in [2.24, 2.45) is 0 Å². The van der Waals surface area contributed by atoms with Crippen LogP contribution in [0.4, 0.5) is 8.78 Å². The molecule has 1 N–H and O–H groups in total. The van der Waals surface area contributed by atoms with E-state index in [9.17, 15) is 22.0 Å². The van der Waals surface area contributed by atoms with Crippen LogP contribution in [0.1, 0.15) is 5.56 Å². The summed E-state index contributed by atoms with van der Waals surface area (Å²) in [4.78, 5) is 10.4. The van der Waals surface area contributed by atoms with E-state index >= 15 is 0 Å². The zero-order valence-electron chi connectivity index (χ0n) is 9.97. The number of rotatable bonds is 6. The first-order chi connectivity index (χ1) is 8.63. The van der Waals surface area contributed by atoms with Gasteiger partial charge in [-0.25, -0.2) is 13.2 Å². The van der Waals surface area contributed by atoms with Gasteiger partial charge in [-0.2, -0.15) is 8.78 Å². The summed E-state index contributed by atoms with van der Waals surface area (Å²) < 4.78 is 53.1. The van der Waals surface area contributed by atoms with Gasteiger partial charge in [-0.1, -0.05) is 12.1 Å². The van der Waals surface area contributed by atoms with Crippen molar-refractivity contribution >= 4 is 15.8 Å². The number of alkyl halides is 2. The minimum absolute atomic E-state index is 0.0120. The van der Waals surface area contributed by atoms with Crippen molar-refractivity contribution in [2.75, 3.05) is 18.6 Å². The van der Waals surface area contributed by atoms with E-state index in [2.05, 4.69) is 0 Å². The van der Waals surface area contributed by atoms with Gasteiger partial charge in [0.2, 0.25) is 0 Å². The first-order valence-corrected chi connectivity index (χ1v) is 7.21. The van der Waals surface area contributed by atoms with Gasteiger partial charge in [0.1, 0.15) is 12.4 Å². The molecule has 0 saturated heterocycles. The van der Waals surface area contributed by atoms with Gasteiger partial charge in [-0.05, 0) is 12.1 Å². The van der Waals surface area contributed by atoms with Crippen molar-refractivity contribution in [2.45, 2.75) is 5.92 Å². The Labute approximate surface area is 108 Å². The highest BCUT2D eigenvalue weighted by Crippen LogP contribution is 2.30. The number of halogens is 2. The number of carboxylic acid groups (broad SMARTS) is 1. The molecule has 0 amide bonds. The van der Waals surface area contributed by atoms with Crippen LogP contribution in [0.15, 0.2) is 24.3 Å². The summed E-state index contributed by atoms with van der Waals surface area (Å²) in [5.41, 5.74) is -0.725. The summed E-state index contributed by atoms with van der Waals surface area (Å²) >= 11 is 0. The van der Waals surface area contributed by atoms with Crippen molar-refractivity contribution < 1.29 is 31.8 Å². The largest absolute Gasteiger partial charge is 0.493 e. The molecule has 0 unspecified atom stereocenters. The number of sulfone groups is 1. The predicted octanol–water partition coefficient (Wildman–Crippen LogP) is 1.29. The van der Waals surface area contributed by atoms with Gasteiger partial charge in [-0.15, -0.1) is 0 Å². The minimum Gasteiger partial charge on any atom is -0.493 e. The Balaban J connectivity index is 2.81. The monoisotopic (exact) mass is 294 g/mol. The van der Waals surface area contributed by atoms with Crippen molar-refractivity contribution in [1.29, 1.82) is 0 Å². The third kappa shape index (κ3) is 4.47. The topological polar surface area (TPSA) is 80.7 Å². The summed E-state index contributed by atoms with van der Waals surface area (Å²) in [6.07, 6.45) is 1.02. The zero-order chi connectivity index (χ0) is 14.7. The van der Waals surface area contributed by atoms with Crippen LogP contribution in [-0.2, 0) is 20.6 Å². The minimum atomic E-state index is -4.02. The second kappa shape index (κ2) is 5.52. The first-order valence-electron chi connectivity index (χ1n) is 5.15. The van der Waals surface area contributed by atoms with Crippen molar-refractivity contribution in [3.8, 4) is 5.75 Å². The second-order valence-corrected chi connectivity index (χ2v) is 6.15. The number of carbonyl (C=O) groups is 1. The van der Waals surface area contributed by atoms with Crippen LogP contribution < -0.4 is 4.74 Å². The lowest BCUT2D eigenvalue weighted by atomic mass is 10.1. The van der Waals surface area contributed by atoms with E-state index in [1.165, 1.54) is 12.1 Å². The lowest BCUT2D eigenvalue weighted by molar-refractivity contribution is -0.166. The molecule has 0 atom stereocenters. The van der Waals surface area contributed by atoms with Crippen LogP contribution in [0.5, 0.6) is 5.75 Å². The third-order valence-electron chi connectivity index (χ3n) is 2.19. The normalized spacial score (nSPS) is 12.2. The maximum absolute atomic E-state index is 13.2. The van der Waals surface area contributed by atoms with Gasteiger partial charge >= 0.3 is 11.9 Å². The Morgan fingerprint density at radius 1 is 1.42 bits per heavy atom. The molecule has 0 aliphatic rings. The van der Waals surface area contributed by atoms with Crippen molar-refractivity contribution in [1.82, 2.24) is 0 Å². The molecule has 0 aliphatic heterocycles. The molecule has 8 heteroatoms. The Kier molecular flexibility index (Phi) is 4.46. The fourth-order valence-electron chi connectivity index (χ4n) is 1.22. The highest BCUT2D eigenvalue weighted by molar-refractivity contribution is 7.90. The average molecular weight is 294 g/mol. The molecular formula is C11H12F2O5S. The van der Waals surface area contributed by atoms with E-state index in [0.717, 1.165) is 18.4 Å². The number of carboxylic acids is 1. The summed E-state index contributed by atoms with van der Waals surface area (Å²) in [6, 6.07) is 4.37. The molecule has 19 heavy (non-hydrogen) atoms. The lowest BCUT2D eigenvalue weighted by Crippen LogP contribution is -2.25. The van der Waals surface area contributed by atoms with E-state index in [1.807, 2.05) is 0 Å². The van der Waals surface area contributed by atoms with Gasteiger partial charge in [0.15, 0.2) is 9.84 Å². The molecule has 0 aliphatic carbocycles. The van der Waals surface area contributed by atoms with Gasteiger partial charge in [0.05, 0.1) is 5.75 Å². The van der Waals surface area contributed by atoms with E-state index in [0.29, 0.717) is 0 Å². The third-order valence-corrected chi connectivity index (χ3v) is 3.10. The molecule has 0 spiro atoms. The number of aliphatic carboxylic acids is 1. The van der Waals surface area contributed by atoms with Crippen LogP contribution in [0.3, 0.4) is 0 Å². The summed E-state index contributed by atoms with van der Waals surface area (Å²) in [5, 5.41) is 8.40. The number of ether oxygens (including phenoxy) is 1. The maximum Gasteiger partial charge on any atom is 0.379 e. The van der Waals surface area contributed by atoms with Crippen LogP contribution in [0.25, 0.3) is 0 Å². The Hall–Kier alpha value is -1.70. The molecule has 0 heterocycles. The number of hydrogen-bond donors (Lipinski definition) is 1. The molecule has 1 aromatic carbocycles. The number of hydrogen-bond acceptors (Lipinski definition) is 4. The fraction of sp³-hybridized carbons (Fsp3) is 0.364. The van der Waals surface area contributed by atoms with E-state index in [4.69, 9.17) is 9.84 Å². The predicted molar refractivity (Wildman–Crippen MR) is 63.2 cm³/mol. The van der Waals surface area contributed by atoms with E-state index in [1.54, 1.807) is 0 Å². The van der Waals surface area contributed by atoms with Crippen LogP contribution in [0.2, 0.25) is 0 Å². The smallest absolute Gasteiger partial charge is 0.379 e. The van der Waals surface area contributed by atoms with Gasteiger partial charge < -0.3 is 9.84 Å². The van der Waals surface area contributed by atoms with Crippen LogP contribution in [0, 0.1) is 0 Å². The summed E-state index contributed by atoms with van der Waals surface area (Å²) in [6.45, 7) is -0.194. The van der Waals surface area contributed by atoms with Crippen LogP contribution in [-0.4, -0.2) is 38.1 Å². The fourth-order valence-corrected chi connectivity index (χ4v) is 1.60. The van der Waals surface area contributed by atoms with Gasteiger partial charge in [-0.3, -0.25) is 0 Å².